The number of rotatable bonds is 8. The molecule has 0 aliphatic rings. The summed E-state index contributed by atoms with van der Waals surface area (Å²) >= 11 is 0. The highest BCUT2D eigenvalue weighted by atomic mass is 19.1. The topological polar surface area (TPSA) is 76.5 Å². The normalized spacial score (nSPS) is 11.8. The molecule has 0 radical (unpaired) electrons. The number of halogens is 2. The number of aromatic nitrogens is 2. The Labute approximate surface area is 219 Å². The van der Waals surface area contributed by atoms with Crippen LogP contribution in [0.2, 0.25) is 0 Å². The first-order valence-electron chi connectivity index (χ1n) is 12.4. The Hall–Kier alpha value is -4.27. The Morgan fingerprint density at radius 3 is 2.61 bits per heavy atom. The number of nitrogens with zero attached hydrogens (tertiary/aromatic N) is 3. The van der Waals surface area contributed by atoms with Crippen molar-refractivity contribution in [2.24, 2.45) is 0 Å². The van der Waals surface area contributed by atoms with Gasteiger partial charge in [0.15, 0.2) is 0 Å². The lowest BCUT2D eigenvalue weighted by atomic mass is 10.1. The number of hydrogen-bond donors (Lipinski definition) is 1. The summed E-state index contributed by atoms with van der Waals surface area (Å²) in [5, 5.41) is 2.97. The van der Waals surface area contributed by atoms with E-state index in [4.69, 9.17) is 9.72 Å². The number of carbonyl (C=O) groups is 1. The van der Waals surface area contributed by atoms with Crippen molar-refractivity contribution in [2.45, 2.75) is 39.7 Å². The number of benzene rings is 3. The van der Waals surface area contributed by atoms with Crippen LogP contribution in [0.1, 0.15) is 44.1 Å². The number of aryl methyl sites for hydroxylation is 1. The highest BCUT2D eigenvalue weighted by Crippen LogP contribution is 2.29. The minimum Gasteiger partial charge on any atom is -0.495 e. The molecule has 3 aromatic carbocycles. The van der Waals surface area contributed by atoms with Crippen LogP contribution in [0.25, 0.3) is 16.6 Å². The largest absolute Gasteiger partial charge is 0.495 e. The summed E-state index contributed by atoms with van der Waals surface area (Å²) in [4.78, 5) is 33.7. The van der Waals surface area contributed by atoms with Crippen molar-refractivity contribution in [2.75, 3.05) is 19.0 Å². The molecule has 0 bridgehead atoms. The van der Waals surface area contributed by atoms with Gasteiger partial charge in [0.25, 0.3) is 5.56 Å². The number of methoxy groups -OCH3 is 1. The molecule has 0 spiro atoms. The van der Waals surface area contributed by atoms with Gasteiger partial charge in [0, 0.05) is 12.6 Å². The average molecular weight is 521 g/mol. The van der Waals surface area contributed by atoms with E-state index in [1.54, 1.807) is 37.3 Å². The van der Waals surface area contributed by atoms with Gasteiger partial charge in [-0.05, 0) is 62.2 Å². The number of anilines is 1. The quantitative estimate of drug-likeness (QED) is 0.293. The maximum Gasteiger partial charge on any atom is 0.322 e. The van der Waals surface area contributed by atoms with Gasteiger partial charge >= 0.3 is 6.03 Å². The molecular formula is C29H30F2N4O3. The van der Waals surface area contributed by atoms with Crippen molar-refractivity contribution in [3.63, 3.8) is 0 Å². The van der Waals surface area contributed by atoms with E-state index in [1.807, 2.05) is 26.0 Å². The minimum absolute atomic E-state index is 0.144. The van der Waals surface area contributed by atoms with Gasteiger partial charge in [0.1, 0.15) is 23.2 Å². The zero-order chi connectivity index (χ0) is 27.4. The molecule has 4 aromatic rings. The van der Waals surface area contributed by atoms with E-state index in [9.17, 15) is 18.4 Å². The second kappa shape index (κ2) is 11.4. The number of amides is 2. The van der Waals surface area contributed by atoms with Crippen molar-refractivity contribution in [3.8, 4) is 11.4 Å². The zero-order valence-electron chi connectivity index (χ0n) is 21.8. The minimum atomic E-state index is -0.883. The molecule has 0 aliphatic carbocycles. The number of hydrogen-bond acceptors (Lipinski definition) is 4. The Morgan fingerprint density at radius 1 is 1.13 bits per heavy atom. The van der Waals surface area contributed by atoms with Crippen LogP contribution in [0.3, 0.4) is 0 Å². The Bertz CT molecular complexity index is 1540. The lowest BCUT2D eigenvalue weighted by molar-refractivity contribution is 0.188. The highest BCUT2D eigenvalue weighted by molar-refractivity contribution is 5.89. The smallest absolute Gasteiger partial charge is 0.322 e. The standard InChI is InChI=1S/C29H30F2N4O3/c1-5-6-15-34(29(37)33-24-13-12-20(30)17-22(24)31)19(3)27-32-23-10-8-7-9-21(23)28(36)35(27)25-16-18(2)11-14-26(25)38-4/h7-14,16-17,19H,5-6,15H2,1-4H3,(H,33,37). The molecule has 2 amide bonds. The van der Waals surface area contributed by atoms with Gasteiger partial charge in [-0.2, -0.15) is 0 Å². The van der Waals surface area contributed by atoms with E-state index in [0.29, 0.717) is 47.2 Å². The third kappa shape index (κ3) is 5.37. The fourth-order valence-electron chi connectivity index (χ4n) is 4.35. The van der Waals surface area contributed by atoms with Crippen molar-refractivity contribution in [3.05, 3.63) is 94.0 Å². The van der Waals surface area contributed by atoms with E-state index in [-0.39, 0.29) is 11.2 Å². The van der Waals surface area contributed by atoms with Crippen molar-refractivity contribution in [1.82, 2.24) is 14.5 Å². The van der Waals surface area contributed by atoms with Gasteiger partial charge in [0.05, 0.1) is 35.4 Å². The monoisotopic (exact) mass is 520 g/mol. The van der Waals surface area contributed by atoms with Crippen LogP contribution >= 0.6 is 0 Å². The molecule has 1 aromatic heterocycles. The maximum atomic E-state index is 14.3. The molecule has 38 heavy (non-hydrogen) atoms. The summed E-state index contributed by atoms with van der Waals surface area (Å²) in [6.45, 7) is 5.98. The third-order valence-corrected chi connectivity index (χ3v) is 6.40. The fourth-order valence-corrected chi connectivity index (χ4v) is 4.35. The number of urea groups is 1. The lowest BCUT2D eigenvalue weighted by Crippen LogP contribution is -2.40. The third-order valence-electron chi connectivity index (χ3n) is 6.40. The van der Waals surface area contributed by atoms with Crippen LogP contribution in [0.4, 0.5) is 19.3 Å². The fraction of sp³-hybridized carbons (Fsp3) is 0.276. The van der Waals surface area contributed by atoms with Crippen LogP contribution in [-0.4, -0.2) is 34.1 Å². The Kier molecular flexibility index (Phi) is 8.05. The van der Waals surface area contributed by atoms with Crippen LogP contribution in [-0.2, 0) is 0 Å². The number of fused-ring (bicyclic) bond motifs is 1. The molecule has 0 saturated heterocycles. The second-order valence-electron chi connectivity index (χ2n) is 9.08. The first-order valence-corrected chi connectivity index (χ1v) is 12.4. The summed E-state index contributed by atoms with van der Waals surface area (Å²) in [5.74, 6) is -0.829. The summed E-state index contributed by atoms with van der Waals surface area (Å²) in [6.07, 6.45) is 1.46. The first kappa shape index (κ1) is 26.8. The lowest BCUT2D eigenvalue weighted by Gasteiger charge is -2.31. The molecule has 9 heteroatoms. The van der Waals surface area contributed by atoms with Gasteiger partial charge in [0.2, 0.25) is 0 Å². The van der Waals surface area contributed by atoms with E-state index in [2.05, 4.69) is 5.32 Å². The van der Waals surface area contributed by atoms with E-state index < -0.39 is 23.7 Å². The first-order chi connectivity index (χ1) is 18.2. The maximum absolute atomic E-state index is 14.3. The van der Waals surface area contributed by atoms with Gasteiger partial charge in [-0.15, -0.1) is 0 Å². The predicted octanol–water partition coefficient (Wildman–Crippen LogP) is 6.38. The molecule has 4 rings (SSSR count). The number of ether oxygens (including phenoxy) is 1. The van der Waals surface area contributed by atoms with Gasteiger partial charge in [-0.3, -0.25) is 9.36 Å². The van der Waals surface area contributed by atoms with Crippen LogP contribution < -0.4 is 15.6 Å². The van der Waals surface area contributed by atoms with Gasteiger partial charge in [-0.25, -0.2) is 18.6 Å². The molecule has 0 aliphatic heterocycles. The van der Waals surface area contributed by atoms with Crippen LogP contribution in [0, 0.1) is 18.6 Å². The van der Waals surface area contributed by atoms with Crippen molar-refractivity contribution >= 4 is 22.6 Å². The highest BCUT2D eigenvalue weighted by Gasteiger charge is 2.28. The molecule has 0 saturated carbocycles. The Balaban J connectivity index is 1.88. The predicted molar refractivity (Wildman–Crippen MR) is 144 cm³/mol. The zero-order valence-corrected chi connectivity index (χ0v) is 21.8. The molecule has 7 nitrogen and oxygen atoms in total. The van der Waals surface area contributed by atoms with E-state index in [0.717, 1.165) is 18.1 Å². The molecule has 1 atom stereocenters. The SMILES string of the molecule is CCCCN(C(=O)Nc1ccc(F)cc1F)C(C)c1nc2ccccc2c(=O)n1-c1cc(C)ccc1OC. The van der Waals surface area contributed by atoms with Gasteiger partial charge < -0.3 is 15.0 Å². The second-order valence-corrected chi connectivity index (χ2v) is 9.08. The van der Waals surface area contributed by atoms with Crippen molar-refractivity contribution < 1.29 is 18.3 Å². The summed E-state index contributed by atoms with van der Waals surface area (Å²) in [6, 6.07) is 14.2. The number of unbranched alkanes of at least 4 members (excludes halogenated alkanes) is 1. The number of carbonyl (C=O) groups excluding carboxylic acids is 1. The van der Waals surface area contributed by atoms with Crippen LogP contribution in [0.15, 0.2) is 65.5 Å². The molecule has 1 heterocycles. The molecule has 1 N–H and O–H groups in total. The summed E-state index contributed by atoms with van der Waals surface area (Å²) < 4.78 is 34.8. The molecule has 198 valence electrons. The molecule has 1 unspecified atom stereocenters. The summed E-state index contributed by atoms with van der Waals surface area (Å²) in [7, 11) is 1.52. The molecular weight excluding hydrogens is 490 g/mol. The number of nitrogens with one attached hydrogen (secondary N) is 1. The van der Waals surface area contributed by atoms with E-state index >= 15 is 0 Å². The number of para-hydroxylation sites is 1. The van der Waals surface area contributed by atoms with Gasteiger partial charge in [-0.1, -0.05) is 31.5 Å². The summed E-state index contributed by atoms with van der Waals surface area (Å²) in [5.41, 5.74) is 1.45. The average Bonchev–Trinajstić information content (AvgIpc) is 2.90. The van der Waals surface area contributed by atoms with E-state index in [1.165, 1.54) is 22.6 Å². The van der Waals surface area contributed by atoms with Crippen LogP contribution in [0.5, 0.6) is 5.75 Å². The van der Waals surface area contributed by atoms with Crippen molar-refractivity contribution in [1.29, 1.82) is 0 Å². The molecule has 0 fully saturated rings. The Morgan fingerprint density at radius 2 is 1.89 bits per heavy atom.